The predicted molar refractivity (Wildman–Crippen MR) is 95.0 cm³/mol. The van der Waals surface area contributed by atoms with E-state index in [2.05, 4.69) is 4.90 Å². The van der Waals surface area contributed by atoms with Crippen LogP contribution in [0.15, 0.2) is 17.1 Å². The minimum atomic E-state index is -1.32. The summed E-state index contributed by atoms with van der Waals surface area (Å²) in [6, 6.07) is 0.994. The molecule has 1 saturated heterocycles. The fourth-order valence-corrected chi connectivity index (χ4v) is 3.69. The fourth-order valence-electron chi connectivity index (χ4n) is 3.69. The van der Waals surface area contributed by atoms with Crippen LogP contribution in [0.4, 0.5) is 10.1 Å². The molecule has 2 aromatic rings. The summed E-state index contributed by atoms with van der Waals surface area (Å²) in [5, 5.41) is 9.36. The number of rotatable bonds is 2. The number of hydrogen-bond acceptors (Lipinski definition) is 5. The smallest absolute Gasteiger partial charge is 0.341 e. The molecule has 0 radical (unpaired) electrons. The Kier molecular flexibility index (Phi) is 3.87. The Hall–Kier alpha value is -2.61. The Morgan fingerprint density at radius 3 is 2.65 bits per heavy atom. The summed E-state index contributed by atoms with van der Waals surface area (Å²) >= 11 is 0. The summed E-state index contributed by atoms with van der Waals surface area (Å²) in [5.74, 6) is -1.54. The number of piperazine rings is 1. The molecule has 138 valence electrons. The van der Waals surface area contributed by atoms with Crippen molar-refractivity contribution in [1.82, 2.24) is 9.47 Å². The van der Waals surface area contributed by atoms with Gasteiger partial charge in [-0.1, -0.05) is 0 Å². The van der Waals surface area contributed by atoms with E-state index in [0.717, 1.165) is 19.2 Å². The van der Waals surface area contributed by atoms with E-state index in [-0.39, 0.29) is 23.6 Å². The Bertz CT molecular complexity index is 963. The van der Waals surface area contributed by atoms with E-state index in [9.17, 15) is 19.1 Å². The Labute approximate surface area is 149 Å². The number of hydrogen-bond donors (Lipinski definition) is 1. The summed E-state index contributed by atoms with van der Waals surface area (Å²) < 4.78 is 22.6. The number of carbonyl (C=O) groups is 1. The molecule has 0 aliphatic carbocycles. The van der Waals surface area contributed by atoms with Gasteiger partial charge in [-0.2, -0.15) is 0 Å². The van der Waals surface area contributed by atoms with Gasteiger partial charge in [0.2, 0.25) is 5.43 Å². The molecule has 3 heterocycles. The van der Waals surface area contributed by atoms with Crippen molar-refractivity contribution in [3.05, 3.63) is 33.9 Å². The minimum Gasteiger partial charge on any atom is -0.487 e. The van der Waals surface area contributed by atoms with Crippen molar-refractivity contribution < 1.29 is 19.0 Å². The molecule has 0 saturated carbocycles. The lowest BCUT2D eigenvalue weighted by molar-refractivity contribution is 0.0694. The molecule has 0 spiro atoms. The van der Waals surface area contributed by atoms with Gasteiger partial charge in [-0.05, 0) is 20.0 Å². The average Bonchev–Trinajstić information content (AvgIpc) is 2.60. The molecule has 1 aromatic carbocycles. The monoisotopic (exact) mass is 360 g/mol. The first-order chi connectivity index (χ1) is 12.4. The average molecular weight is 360 g/mol. The molecule has 7 nitrogen and oxygen atoms in total. The van der Waals surface area contributed by atoms with Crippen LogP contribution in [0.2, 0.25) is 0 Å². The van der Waals surface area contributed by atoms with Crippen molar-refractivity contribution in [3.63, 3.8) is 0 Å². The highest BCUT2D eigenvalue weighted by atomic mass is 18.2. The van der Waals surface area contributed by atoms with E-state index in [1.807, 2.05) is 18.9 Å². The number of anilines is 1. The van der Waals surface area contributed by atoms with Gasteiger partial charge in [0.15, 0.2) is 11.6 Å². The molecule has 0 unspecified atom stereocenters. The zero-order valence-corrected chi connectivity index (χ0v) is 14.7. The molecule has 2 aliphatic heterocycles. The van der Waals surface area contributed by atoms with E-state index < -0.39 is 17.2 Å². The van der Waals surface area contributed by atoms with E-state index in [4.69, 9.17) is 4.74 Å². The van der Waals surface area contributed by atoms with Crippen molar-refractivity contribution in [2.24, 2.45) is 0 Å². The van der Waals surface area contributed by atoms with Gasteiger partial charge in [0, 0.05) is 32.4 Å². The van der Waals surface area contributed by atoms with Crippen LogP contribution in [0.3, 0.4) is 0 Å². The van der Waals surface area contributed by atoms with Crippen LogP contribution in [0.25, 0.3) is 10.9 Å². The molecule has 1 aromatic heterocycles. The SMILES string of the molecule is C[C@H]1COc2c(N3CCN(C)CC3)c([18F])cc3c(=O)c(C(=O)O)cn1c23. The largest absolute Gasteiger partial charge is 0.487 e. The lowest BCUT2D eigenvalue weighted by atomic mass is 10.1. The van der Waals surface area contributed by atoms with Crippen molar-refractivity contribution in [2.45, 2.75) is 13.0 Å². The van der Waals surface area contributed by atoms with Crippen LogP contribution in [0, 0.1) is 5.82 Å². The van der Waals surface area contributed by atoms with E-state index in [1.165, 1.54) is 6.20 Å². The van der Waals surface area contributed by atoms with Crippen molar-refractivity contribution in [2.75, 3.05) is 44.7 Å². The highest BCUT2D eigenvalue weighted by molar-refractivity contribution is 5.97. The number of carboxylic acid groups (broad SMARTS) is 1. The summed E-state index contributed by atoms with van der Waals surface area (Å²) in [5.41, 5.74) is -0.224. The molecule has 1 N–H and O–H groups in total. The lowest BCUT2D eigenvalue weighted by Gasteiger charge is -2.37. The van der Waals surface area contributed by atoms with Gasteiger partial charge in [-0.3, -0.25) is 4.79 Å². The molecule has 1 atom stereocenters. The van der Waals surface area contributed by atoms with Crippen LogP contribution >= 0.6 is 0 Å². The van der Waals surface area contributed by atoms with Crippen molar-refractivity contribution >= 4 is 22.6 Å². The zero-order chi connectivity index (χ0) is 18.6. The van der Waals surface area contributed by atoms with Crippen LogP contribution in [0.1, 0.15) is 23.3 Å². The van der Waals surface area contributed by atoms with Gasteiger partial charge in [-0.25, -0.2) is 9.18 Å². The third kappa shape index (κ3) is 2.44. The van der Waals surface area contributed by atoms with Crippen LogP contribution in [0.5, 0.6) is 5.75 Å². The molecular weight excluding hydrogens is 340 g/mol. The van der Waals surface area contributed by atoms with Gasteiger partial charge in [0.25, 0.3) is 0 Å². The highest BCUT2D eigenvalue weighted by Gasteiger charge is 2.30. The number of likely N-dealkylation sites (N-methyl/N-ethyl adjacent to an activating group) is 1. The van der Waals surface area contributed by atoms with Crippen LogP contribution < -0.4 is 15.1 Å². The third-order valence-electron chi connectivity index (χ3n) is 5.19. The maximum absolute atomic E-state index is 15.0. The molecule has 0 bridgehead atoms. The summed E-state index contributed by atoms with van der Waals surface area (Å²) in [4.78, 5) is 28.1. The molecule has 8 heteroatoms. The van der Waals surface area contributed by atoms with Crippen LogP contribution in [-0.4, -0.2) is 60.4 Å². The topological polar surface area (TPSA) is 75.0 Å². The number of pyridine rings is 1. The van der Waals surface area contributed by atoms with Gasteiger partial charge >= 0.3 is 5.97 Å². The molecule has 2 aliphatic rings. The van der Waals surface area contributed by atoms with Gasteiger partial charge in [0.05, 0.1) is 16.9 Å². The zero-order valence-electron chi connectivity index (χ0n) is 14.7. The van der Waals surface area contributed by atoms with Gasteiger partial charge in [-0.15, -0.1) is 0 Å². The number of aromatic nitrogens is 1. The number of aromatic carboxylic acids is 1. The maximum Gasteiger partial charge on any atom is 0.341 e. The first-order valence-corrected chi connectivity index (χ1v) is 8.59. The Morgan fingerprint density at radius 1 is 1.31 bits per heavy atom. The second kappa shape index (κ2) is 5.98. The molecular formula is C18H20FN3O4. The molecule has 4 rings (SSSR count). The second-order valence-corrected chi connectivity index (χ2v) is 6.97. The predicted octanol–water partition coefficient (Wildman–Crippen LogP) is 1.54. The Balaban J connectivity index is 2.00. The number of carboxylic acids is 1. The quantitative estimate of drug-likeness (QED) is 0.876. The maximum atomic E-state index is 15.0. The van der Waals surface area contributed by atoms with Gasteiger partial charge < -0.3 is 24.2 Å². The molecule has 1 fully saturated rings. The van der Waals surface area contributed by atoms with E-state index in [1.54, 1.807) is 4.57 Å². The molecule has 0 amide bonds. The molecule has 26 heavy (non-hydrogen) atoms. The fraction of sp³-hybridized carbons (Fsp3) is 0.444. The first kappa shape index (κ1) is 16.8. The highest BCUT2D eigenvalue weighted by Crippen LogP contribution is 2.42. The Morgan fingerprint density at radius 2 is 2.00 bits per heavy atom. The van der Waals surface area contributed by atoms with Crippen LogP contribution in [-0.2, 0) is 0 Å². The second-order valence-electron chi connectivity index (χ2n) is 6.97. The summed E-state index contributed by atoms with van der Waals surface area (Å²) in [7, 11) is 2.02. The number of ether oxygens (including phenoxy) is 1. The normalized spacial score (nSPS) is 20.3. The third-order valence-corrected chi connectivity index (χ3v) is 5.19. The van der Waals surface area contributed by atoms with Crippen molar-refractivity contribution in [3.8, 4) is 5.75 Å². The van der Waals surface area contributed by atoms with E-state index in [0.29, 0.717) is 30.0 Å². The number of nitrogens with zero attached hydrogens (tertiary/aromatic N) is 3. The standard InChI is InChI=1S/C18H20FN3O4/c1-10-9-26-17-14-11(16(23)12(18(24)25)8-22(10)14)7-13(19)15(17)21-5-3-20(2)4-6-21/h7-8,10H,3-6,9H2,1-2H3,(H,24,25)/t10-/m0/s1/i19-1. The first-order valence-electron chi connectivity index (χ1n) is 8.59. The number of benzene rings is 1. The van der Waals surface area contributed by atoms with E-state index >= 15 is 0 Å². The summed E-state index contributed by atoms with van der Waals surface area (Å²) in [6.07, 6.45) is 1.34. The lowest BCUT2D eigenvalue weighted by Crippen LogP contribution is -2.45. The summed E-state index contributed by atoms with van der Waals surface area (Å²) in [6.45, 7) is 5.08. The number of halogens is 1. The van der Waals surface area contributed by atoms with Crippen molar-refractivity contribution in [1.29, 1.82) is 0 Å². The van der Waals surface area contributed by atoms with Gasteiger partial charge in [0.1, 0.15) is 17.9 Å². The minimum absolute atomic E-state index is 0.0434.